The van der Waals surface area contributed by atoms with Gasteiger partial charge in [0.25, 0.3) is 0 Å². The van der Waals surface area contributed by atoms with Crippen LogP contribution in [-0.4, -0.2) is 18.5 Å². The van der Waals surface area contributed by atoms with Gasteiger partial charge in [-0.2, -0.15) is 0 Å². The smallest absolute Gasteiger partial charge is 0.310 e. The number of carbonyl (C=O) groups excluding carboxylic acids is 2. The van der Waals surface area contributed by atoms with Crippen molar-refractivity contribution in [1.29, 1.82) is 0 Å². The molecule has 0 aliphatic heterocycles. The molecule has 4 nitrogen and oxygen atoms in total. The van der Waals surface area contributed by atoms with Gasteiger partial charge in [-0.15, -0.1) is 0 Å². The maximum absolute atomic E-state index is 11.9. The van der Waals surface area contributed by atoms with Crippen LogP contribution >= 0.6 is 0 Å². The number of esters is 2. The molecule has 0 saturated heterocycles. The first-order valence-electron chi connectivity index (χ1n) is 19.7. The highest BCUT2D eigenvalue weighted by Gasteiger charge is 2.03. The third kappa shape index (κ3) is 36.9. The van der Waals surface area contributed by atoms with Crippen LogP contribution < -0.4 is 0 Å². The molecule has 0 heterocycles. The lowest BCUT2D eigenvalue weighted by atomic mass is 10.0. The van der Waals surface area contributed by atoms with Gasteiger partial charge in [0.15, 0.2) is 0 Å². The normalized spacial score (nSPS) is 11.4. The van der Waals surface area contributed by atoms with E-state index in [1.54, 1.807) is 6.08 Å². The number of hydrogen-bond acceptors (Lipinski definition) is 4. The Labute approximate surface area is 275 Å². The standard InChI is InChI=1S/C40H76O4/c1-3-5-7-9-11-13-15-17-19-21-23-25-27-29-31-35-39(41)43-37-33-34-38-44-40(42)36-32-30-28-26-24-22-20-18-16-14-12-10-8-6-4-2/h33,37H,3-32,34-36,38H2,1-2H3. The molecule has 0 atom stereocenters. The number of ether oxygens (including phenoxy) is 2. The van der Waals surface area contributed by atoms with Crippen molar-refractivity contribution in [2.24, 2.45) is 0 Å². The largest absolute Gasteiger partial charge is 0.465 e. The fourth-order valence-electron chi connectivity index (χ4n) is 5.85. The molecule has 0 bridgehead atoms. The van der Waals surface area contributed by atoms with Crippen molar-refractivity contribution < 1.29 is 19.1 Å². The summed E-state index contributed by atoms with van der Waals surface area (Å²) >= 11 is 0. The average Bonchev–Trinajstić information content (AvgIpc) is 3.02. The lowest BCUT2D eigenvalue weighted by Gasteiger charge is -2.04. The first-order valence-corrected chi connectivity index (χ1v) is 19.7. The summed E-state index contributed by atoms with van der Waals surface area (Å²) in [6.45, 7) is 4.91. The first kappa shape index (κ1) is 42.7. The van der Waals surface area contributed by atoms with Crippen molar-refractivity contribution in [2.75, 3.05) is 6.61 Å². The Morgan fingerprint density at radius 3 is 1.05 bits per heavy atom. The van der Waals surface area contributed by atoms with Crippen LogP contribution in [0.5, 0.6) is 0 Å². The highest BCUT2D eigenvalue weighted by Crippen LogP contribution is 2.15. The van der Waals surface area contributed by atoms with Crippen molar-refractivity contribution in [3.63, 3.8) is 0 Å². The molecule has 0 unspecified atom stereocenters. The summed E-state index contributed by atoms with van der Waals surface area (Å²) in [5, 5.41) is 0. The molecule has 0 radical (unpaired) electrons. The molecule has 0 spiro atoms. The van der Waals surface area contributed by atoms with E-state index in [9.17, 15) is 9.59 Å². The summed E-state index contributed by atoms with van der Waals surface area (Å²) in [6.07, 6.45) is 44.5. The zero-order valence-corrected chi connectivity index (χ0v) is 29.8. The second-order valence-electron chi connectivity index (χ2n) is 13.3. The SMILES string of the molecule is CCCCCCCCCCCCCCCCCC(=O)OC=CCCOC(=O)CCCCCCCCCCCCCCCCC. The molecule has 0 rings (SSSR count). The molecular weight excluding hydrogens is 544 g/mol. The molecule has 260 valence electrons. The molecule has 0 N–H and O–H groups in total. The summed E-state index contributed by atoms with van der Waals surface area (Å²) in [7, 11) is 0. The number of carbonyl (C=O) groups is 2. The zero-order valence-electron chi connectivity index (χ0n) is 29.8. The Hall–Kier alpha value is -1.32. The van der Waals surface area contributed by atoms with Crippen LogP contribution in [0.2, 0.25) is 0 Å². The molecule has 0 aliphatic carbocycles. The predicted molar refractivity (Wildman–Crippen MR) is 190 cm³/mol. The van der Waals surface area contributed by atoms with Crippen LogP contribution in [-0.2, 0) is 19.1 Å². The fourth-order valence-corrected chi connectivity index (χ4v) is 5.85. The maximum Gasteiger partial charge on any atom is 0.310 e. The van der Waals surface area contributed by atoms with Gasteiger partial charge in [-0.25, -0.2) is 0 Å². The van der Waals surface area contributed by atoms with Crippen molar-refractivity contribution in [1.82, 2.24) is 0 Å². The molecular formula is C40H76O4. The molecule has 0 amide bonds. The molecule has 0 aromatic carbocycles. The fraction of sp³-hybridized carbons (Fsp3) is 0.900. The lowest BCUT2D eigenvalue weighted by molar-refractivity contribution is -0.143. The van der Waals surface area contributed by atoms with Crippen LogP contribution in [0.4, 0.5) is 0 Å². The molecule has 0 saturated carbocycles. The van der Waals surface area contributed by atoms with Gasteiger partial charge in [-0.1, -0.05) is 194 Å². The van der Waals surface area contributed by atoms with E-state index in [4.69, 9.17) is 9.47 Å². The lowest BCUT2D eigenvalue weighted by Crippen LogP contribution is -2.05. The average molecular weight is 621 g/mol. The summed E-state index contributed by atoms with van der Waals surface area (Å²) in [5.41, 5.74) is 0. The molecule has 0 aliphatic rings. The van der Waals surface area contributed by atoms with Crippen molar-refractivity contribution in [3.8, 4) is 0 Å². The van der Waals surface area contributed by atoms with E-state index < -0.39 is 0 Å². The van der Waals surface area contributed by atoms with Crippen LogP contribution in [0.1, 0.15) is 226 Å². The van der Waals surface area contributed by atoms with Crippen LogP contribution in [0.3, 0.4) is 0 Å². The van der Waals surface area contributed by atoms with Gasteiger partial charge in [-0.3, -0.25) is 9.59 Å². The van der Waals surface area contributed by atoms with E-state index in [0.717, 1.165) is 25.7 Å². The van der Waals surface area contributed by atoms with E-state index in [-0.39, 0.29) is 11.9 Å². The van der Waals surface area contributed by atoms with Crippen molar-refractivity contribution in [2.45, 2.75) is 226 Å². The van der Waals surface area contributed by atoms with E-state index >= 15 is 0 Å². The van der Waals surface area contributed by atoms with Gasteiger partial charge in [0, 0.05) is 19.3 Å². The Kier molecular flexibility index (Phi) is 36.7. The van der Waals surface area contributed by atoms with Crippen molar-refractivity contribution in [3.05, 3.63) is 12.3 Å². The predicted octanol–water partition coefficient (Wildman–Crippen LogP) is 13.5. The Morgan fingerprint density at radius 1 is 0.409 bits per heavy atom. The highest BCUT2D eigenvalue weighted by atomic mass is 16.5. The molecule has 0 aromatic heterocycles. The third-order valence-corrected chi connectivity index (χ3v) is 8.81. The van der Waals surface area contributed by atoms with E-state index in [1.807, 2.05) is 0 Å². The van der Waals surface area contributed by atoms with Crippen LogP contribution in [0.25, 0.3) is 0 Å². The van der Waals surface area contributed by atoms with Gasteiger partial charge in [0.05, 0.1) is 12.9 Å². The number of rotatable bonds is 36. The number of unbranched alkanes of at least 4 members (excludes halogenated alkanes) is 28. The minimum Gasteiger partial charge on any atom is -0.465 e. The molecule has 0 aromatic rings. The monoisotopic (exact) mass is 621 g/mol. The van der Waals surface area contributed by atoms with E-state index in [0.29, 0.717) is 25.9 Å². The van der Waals surface area contributed by atoms with Crippen LogP contribution in [0.15, 0.2) is 12.3 Å². The third-order valence-electron chi connectivity index (χ3n) is 8.81. The summed E-state index contributed by atoms with van der Waals surface area (Å²) in [6, 6.07) is 0. The van der Waals surface area contributed by atoms with Gasteiger partial charge < -0.3 is 9.47 Å². The quantitative estimate of drug-likeness (QED) is 0.0397. The minimum absolute atomic E-state index is 0.113. The summed E-state index contributed by atoms with van der Waals surface area (Å²) < 4.78 is 10.5. The first-order chi connectivity index (χ1) is 21.7. The summed E-state index contributed by atoms with van der Waals surface area (Å²) in [5.74, 6) is -0.278. The number of hydrogen-bond donors (Lipinski definition) is 0. The van der Waals surface area contributed by atoms with Crippen molar-refractivity contribution >= 4 is 11.9 Å². The summed E-state index contributed by atoms with van der Waals surface area (Å²) in [4.78, 5) is 23.8. The Morgan fingerprint density at radius 2 is 0.705 bits per heavy atom. The maximum atomic E-state index is 11.9. The second-order valence-corrected chi connectivity index (χ2v) is 13.3. The van der Waals surface area contributed by atoms with Crippen LogP contribution in [0, 0.1) is 0 Å². The second kappa shape index (κ2) is 37.9. The Bertz CT molecular complexity index is 614. The highest BCUT2D eigenvalue weighted by molar-refractivity contribution is 5.70. The zero-order chi connectivity index (χ0) is 32.0. The van der Waals surface area contributed by atoms with Gasteiger partial charge in [0.2, 0.25) is 0 Å². The van der Waals surface area contributed by atoms with E-state index in [2.05, 4.69) is 13.8 Å². The topological polar surface area (TPSA) is 52.6 Å². The molecule has 4 heteroatoms. The molecule has 0 fully saturated rings. The van der Waals surface area contributed by atoms with Gasteiger partial charge >= 0.3 is 11.9 Å². The minimum atomic E-state index is -0.166. The van der Waals surface area contributed by atoms with E-state index in [1.165, 1.54) is 173 Å². The van der Waals surface area contributed by atoms with Gasteiger partial charge in [-0.05, 0) is 18.9 Å². The molecule has 44 heavy (non-hydrogen) atoms. The Balaban J connectivity index is 3.31. The van der Waals surface area contributed by atoms with Gasteiger partial charge in [0.1, 0.15) is 0 Å².